The lowest BCUT2D eigenvalue weighted by Crippen LogP contribution is -2.11. The molecule has 8 heteroatoms. The van der Waals surface area contributed by atoms with Crippen LogP contribution in [-0.4, -0.2) is 16.6 Å². The number of nitrogens with two attached hydrogens (primary N) is 1. The number of nitrogen functional groups attached to an aromatic ring is 1. The van der Waals surface area contributed by atoms with E-state index in [0.717, 1.165) is 12.1 Å². The average Bonchev–Trinajstić information content (AvgIpc) is 2.48. The molecule has 0 bridgehead atoms. The van der Waals surface area contributed by atoms with Crippen LogP contribution in [0.3, 0.4) is 0 Å². The second-order valence-corrected chi connectivity index (χ2v) is 5.06. The topological polar surface area (TPSA) is 73.1 Å². The third-order valence-corrected chi connectivity index (χ3v) is 3.35. The molecule has 0 aliphatic carbocycles. The van der Waals surface area contributed by atoms with Crippen LogP contribution >= 0.6 is 11.8 Å². The van der Waals surface area contributed by atoms with Crippen LogP contribution in [0.4, 0.5) is 14.6 Å². The summed E-state index contributed by atoms with van der Waals surface area (Å²) in [5.41, 5.74) is 2.44. The standard InChI is InChI=1S/C13H14F2N4OS/c1-2-20-7-12-17-11(19-16)6-13(18-12)21-8-3-4-9(14)10(15)5-8/h3-6H,2,7,16H2,1H3,(H,17,18,19). The van der Waals surface area contributed by atoms with Crippen LogP contribution in [0, 0.1) is 11.6 Å². The molecule has 0 saturated carbocycles. The van der Waals surface area contributed by atoms with Crippen LogP contribution in [0.2, 0.25) is 0 Å². The second-order valence-electron chi connectivity index (χ2n) is 3.97. The van der Waals surface area contributed by atoms with E-state index in [1.54, 1.807) is 6.07 Å². The van der Waals surface area contributed by atoms with Crippen molar-refractivity contribution in [3.8, 4) is 0 Å². The molecule has 0 radical (unpaired) electrons. The van der Waals surface area contributed by atoms with E-state index in [4.69, 9.17) is 10.6 Å². The Hall–Kier alpha value is -1.77. The van der Waals surface area contributed by atoms with Gasteiger partial charge in [-0.15, -0.1) is 0 Å². The zero-order chi connectivity index (χ0) is 15.2. The highest BCUT2D eigenvalue weighted by molar-refractivity contribution is 7.99. The van der Waals surface area contributed by atoms with Crippen LogP contribution in [0.1, 0.15) is 12.7 Å². The number of hydrogen-bond acceptors (Lipinski definition) is 6. The molecular formula is C13H14F2N4OS. The number of rotatable bonds is 6. The number of aromatic nitrogens is 2. The van der Waals surface area contributed by atoms with Gasteiger partial charge in [0.05, 0.1) is 0 Å². The summed E-state index contributed by atoms with van der Waals surface area (Å²) >= 11 is 1.18. The Bertz CT molecular complexity index is 627. The summed E-state index contributed by atoms with van der Waals surface area (Å²) in [7, 11) is 0. The van der Waals surface area contributed by atoms with Crippen molar-refractivity contribution in [1.82, 2.24) is 9.97 Å². The quantitative estimate of drug-likeness (QED) is 0.485. The van der Waals surface area contributed by atoms with Gasteiger partial charge in [0.1, 0.15) is 17.5 Å². The highest BCUT2D eigenvalue weighted by Gasteiger charge is 2.08. The lowest BCUT2D eigenvalue weighted by molar-refractivity contribution is 0.128. The van der Waals surface area contributed by atoms with Gasteiger partial charge in [0.25, 0.3) is 0 Å². The molecule has 21 heavy (non-hydrogen) atoms. The molecule has 2 aromatic rings. The van der Waals surface area contributed by atoms with Crippen molar-refractivity contribution in [2.75, 3.05) is 12.0 Å². The number of hydrazine groups is 1. The van der Waals surface area contributed by atoms with E-state index < -0.39 is 11.6 Å². The lowest BCUT2D eigenvalue weighted by Gasteiger charge is -2.07. The largest absolute Gasteiger partial charge is 0.374 e. The van der Waals surface area contributed by atoms with Crippen LogP contribution < -0.4 is 11.3 Å². The molecule has 0 aliphatic rings. The molecule has 0 amide bonds. The fourth-order valence-electron chi connectivity index (χ4n) is 1.52. The summed E-state index contributed by atoms with van der Waals surface area (Å²) < 4.78 is 31.4. The fraction of sp³-hybridized carbons (Fsp3) is 0.231. The highest BCUT2D eigenvalue weighted by atomic mass is 32.2. The fourth-order valence-corrected chi connectivity index (χ4v) is 2.38. The first-order valence-electron chi connectivity index (χ1n) is 6.17. The second kappa shape index (κ2) is 7.30. The first-order valence-corrected chi connectivity index (χ1v) is 6.99. The smallest absolute Gasteiger partial charge is 0.159 e. The Balaban J connectivity index is 2.23. The van der Waals surface area contributed by atoms with Crippen molar-refractivity contribution in [3.05, 3.63) is 41.7 Å². The molecule has 1 aromatic heterocycles. The Morgan fingerprint density at radius 2 is 2.05 bits per heavy atom. The Morgan fingerprint density at radius 3 is 2.71 bits per heavy atom. The van der Waals surface area contributed by atoms with Gasteiger partial charge in [0.2, 0.25) is 0 Å². The van der Waals surface area contributed by atoms with E-state index in [1.165, 1.54) is 17.8 Å². The maximum Gasteiger partial charge on any atom is 0.159 e. The summed E-state index contributed by atoms with van der Waals surface area (Å²) in [5.74, 6) is 4.44. The van der Waals surface area contributed by atoms with Crippen molar-refractivity contribution < 1.29 is 13.5 Å². The van der Waals surface area contributed by atoms with Gasteiger partial charge in [0, 0.05) is 17.6 Å². The Labute approximate surface area is 124 Å². The van der Waals surface area contributed by atoms with Gasteiger partial charge in [-0.05, 0) is 25.1 Å². The Kier molecular flexibility index (Phi) is 5.43. The number of anilines is 1. The van der Waals surface area contributed by atoms with Crippen LogP contribution in [0.15, 0.2) is 34.2 Å². The van der Waals surface area contributed by atoms with Crippen molar-refractivity contribution >= 4 is 17.6 Å². The van der Waals surface area contributed by atoms with E-state index in [2.05, 4.69) is 15.4 Å². The monoisotopic (exact) mass is 312 g/mol. The summed E-state index contributed by atoms with van der Waals surface area (Å²) in [6, 6.07) is 5.27. The lowest BCUT2D eigenvalue weighted by atomic mass is 10.3. The molecule has 0 spiro atoms. The average molecular weight is 312 g/mol. The third kappa shape index (κ3) is 4.35. The molecule has 5 nitrogen and oxygen atoms in total. The van der Waals surface area contributed by atoms with Gasteiger partial charge in [-0.2, -0.15) is 0 Å². The minimum absolute atomic E-state index is 0.247. The maximum absolute atomic E-state index is 13.2. The molecular weight excluding hydrogens is 298 g/mol. The number of halogens is 2. The van der Waals surface area contributed by atoms with E-state index in [-0.39, 0.29) is 6.61 Å². The molecule has 1 aromatic carbocycles. The minimum Gasteiger partial charge on any atom is -0.374 e. The molecule has 0 aliphatic heterocycles. The van der Waals surface area contributed by atoms with Gasteiger partial charge in [-0.25, -0.2) is 24.6 Å². The molecule has 1 heterocycles. The summed E-state index contributed by atoms with van der Waals surface area (Å²) in [5, 5.41) is 0.554. The van der Waals surface area contributed by atoms with E-state index in [9.17, 15) is 8.78 Å². The predicted octanol–water partition coefficient (Wildman–Crippen LogP) is 2.73. The molecule has 0 atom stereocenters. The first kappa shape index (κ1) is 15.6. The summed E-state index contributed by atoms with van der Waals surface area (Å²) in [6.45, 7) is 2.65. The molecule has 0 unspecified atom stereocenters. The van der Waals surface area contributed by atoms with Crippen molar-refractivity contribution in [1.29, 1.82) is 0 Å². The van der Waals surface area contributed by atoms with Crippen molar-refractivity contribution in [3.63, 3.8) is 0 Å². The minimum atomic E-state index is -0.902. The van der Waals surface area contributed by atoms with Crippen LogP contribution in [0.25, 0.3) is 0 Å². The number of nitrogens with zero attached hydrogens (tertiary/aromatic N) is 2. The van der Waals surface area contributed by atoms with E-state index >= 15 is 0 Å². The van der Waals surface area contributed by atoms with Gasteiger partial charge >= 0.3 is 0 Å². The van der Waals surface area contributed by atoms with Crippen LogP contribution in [0.5, 0.6) is 0 Å². The normalized spacial score (nSPS) is 10.7. The van der Waals surface area contributed by atoms with Gasteiger partial charge in [-0.3, -0.25) is 0 Å². The number of nitrogens with one attached hydrogen (secondary N) is 1. The third-order valence-electron chi connectivity index (χ3n) is 2.45. The maximum atomic E-state index is 13.2. The predicted molar refractivity (Wildman–Crippen MR) is 75.7 cm³/mol. The van der Waals surface area contributed by atoms with Crippen LogP contribution in [-0.2, 0) is 11.3 Å². The van der Waals surface area contributed by atoms with Crippen molar-refractivity contribution in [2.45, 2.75) is 23.5 Å². The van der Waals surface area contributed by atoms with Crippen molar-refractivity contribution in [2.24, 2.45) is 5.84 Å². The van der Waals surface area contributed by atoms with E-state index in [0.29, 0.717) is 28.2 Å². The van der Waals surface area contributed by atoms with Gasteiger partial charge in [0.15, 0.2) is 17.5 Å². The van der Waals surface area contributed by atoms with Gasteiger partial charge < -0.3 is 10.2 Å². The zero-order valence-corrected chi connectivity index (χ0v) is 12.1. The number of ether oxygens (including phenoxy) is 1. The molecule has 3 N–H and O–H groups in total. The molecule has 2 rings (SSSR count). The summed E-state index contributed by atoms with van der Waals surface area (Å²) in [6.07, 6.45) is 0. The number of benzene rings is 1. The Morgan fingerprint density at radius 1 is 1.24 bits per heavy atom. The van der Waals surface area contributed by atoms with E-state index in [1.807, 2.05) is 6.92 Å². The molecule has 112 valence electrons. The SMILES string of the molecule is CCOCc1nc(NN)cc(Sc2ccc(F)c(F)c2)n1. The summed E-state index contributed by atoms with van der Waals surface area (Å²) in [4.78, 5) is 8.95. The molecule has 0 saturated heterocycles. The van der Waals surface area contributed by atoms with Gasteiger partial charge in [-0.1, -0.05) is 11.8 Å². The first-order chi connectivity index (χ1) is 10.1. The molecule has 0 fully saturated rings. The zero-order valence-electron chi connectivity index (χ0n) is 11.3. The number of hydrogen-bond donors (Lipinski definition) is 2. The highest BCUT2D eigenvalue weighted by Crippen LogP contribution is 2.28.